The lowest BCUT2D eigenvalue weighted by Gasteiger charge is -2.14. The van der Waals surface area contributed by atoms with Crippen LogP contribution in [-0.2, 0) is 14.8 Å². The maximum Gasteiger partial charge on any atom is 0.387 e. The van der Waals surface area contributed by atoms with Crippen LogP contribution in [-0.4, -0.2) is 36.2 Å². The highest BCUT2D eigenvalue weighted by molar-refractivity contribution is 7.93. The Bertz CT molecular complexity index is 1330. The molecule has 2 aromatic heterocycles. The highest BCUT2D eigenvalue weighted by Crippen LogP contribution is 2.32. The molecule has 0 aliphatic heterocycles. The van der Waals surface area contributed by atoms with Crippen molar-refractivity contribution in [3.63, 3.8) is 0 Å². The highest BCUT2D eigenvalue weighted by atomic mass is 32.2. The maximum atomic E-state index is 14.8. The highest BCUT2D eigenvalue weighted by Gasteiger charge is 2.36. The van der Waals surface area contributed by atoms with E-state index in [-0.39, 0.29) is 16.6 Å². The summed E-state index contributed by atoms with van der Waals surface area (Å²) in [4.78, 5) is 20.9. The third-order valence-corrected chi connectivity index (χ3v) is 8.03. The zero-order valence-corrected chi connectivity index (χ0v) is 20.0. The molecule has 4 rings (SSSR count). The zero-order chi connectivity index (χ0) is 25.2. The van der Waals surface area contributed by atoms with E-state index in [1.165, 1.54) is 24.4 Å². The van der Waals surface area contributed by atoms with Gasteiger partial charge in [-0.1, -0.05) is 13.0 Å². The summed E-state index contributed by atoms with van der Waals surface area (Å²) in [6.07, 6.45) is 4.07. The molecule has 1 unspecified atom stereocenters. The number of carbonyl (C=O) groups excluding carboxylic acids is 1. The minimum Gasteiger partial charge on any atom is -0.433 e. The second-order valence-corrected chi connectivity index (χ2v) is 10.7. The Morgan fingerprint density at radius 1 is 1.23 bits per heavy atom. The molecule has 1 fully saturated rings. The van der Waals surface area contributed by atoms with E-state index in [4.69, 9.17) is 0 Å². The molecule has 1 aromatic carbocycles. The normalized spacial score (nSPS) is 14.5. The van der Waals surface area contributed by atoms with Crippen molar-refractivity contribution in [2.45, 2.75) is 44.0 Å². The molecule has 3 aromatic rings. The second-order valence-electron chi connectivity index (χ2n) is 7.86. The number of ether oxygens (including phenoxy) is 1. The molecule has 0 bridgehead atoms. The summed E-state index contributed by atoms with van der Waals surface area (Å²) in [5.41, 5.74) is 1.01. The van der Waals surface area contributed by atoms with Crippen molar-refractivity contribution >= 4 is 38.1 Å². The SMILES string of the molecule is CCC(C(=O)Nc1ccc(-c2cncc(OC(F)F)c2)cc1F)c1csc(NS(=O)(=O)C2CC2)n1. The first-order chi connectivity index (χ1) is 16.7. The van der Waals surface area contributed by atoms with E-state index in [9.17, 15) is 26.4 Å². The summed E-state index contributed by atoms with van der Waals surface area (Å²) in [5, 5.41) is 3.91. The average Bonchev–Trinajstić information content (AvgIpc) is 3.57. The molecule has 0 radical (unpaired) electrons. The molecule has 2 heterocycles. The minimum atomic E-state index is -3.47. The van der Waals surface area contributed by atoms with E-state index in [1.54, 1.807) is 12.3 Å². The first-order valence-electron chi connectivity index (χ1n) is 10.6. The van der Waals surface area contributed by atoms with Gasteiger partial charge in [0.1, 0.15) is 11.6 Å². The number of hydrogen-bond donors (Lipinski definition) is 2. The van der Waals surface area contributed by atoms with E-state index in [0.29, 0.717) is 36.1 Å². The number of halogens is 3. The number of aromatic nitrogens is 2. The van der Waals surface area contributed by atoms with E-state index in [0.717, 1.165) is 23.6 Å². The topological polar surface area (TPSA) is 110 Å². The molecule has 186 valence electrons. The summed E-state index contributed by atoms with van der Waals surface area (Å²) < 4.78 is 70.6. The molecular formula is C22H21F3N4O4S2. The van der Waals surface area contributed by atoms with Crippen LogP contribution in [0.5, 0.6) is 5.75 Å². The molecular weight excluding hydrogens is 505 g/mol. The van der Waals surface area contributed by atoms with Crippen LogP contribution in [0.4, 0.5) is 24.0 Å². The predicted octanol–water partition coefficient (Wildman–Crippen LogP) is 4.98. The molecule has 1 aliphatic rings. The van der Waals surface area contributed by atoms with Crippen molar-refractivity contribution in [1.82, 2.24) is 9.97 Å². The molecule has 0 saturated heterocycles. The summed E-state index contributed by atoms with van der Waals surface area (Å²) in [6, 6.07) is 5.31. The number of rotatable bonds is 10. The number of nitrogens with zero attached hydrogens (tertiary/aromatic N) is 2. The third kappa shape index (κ3) is 6.09. The van der Waals surface area contributed by atoms with Gasteiger partial charge in [-0.05, 0) is 43.0 Å². The molecule has 13 heteroatoms. The van der Waals surface area contributed by atoms with Gasteiger partial charge in [0.15, 0.2) is 5.13 Å². The van der Waals surface area contributed by atoms with Gasteiger partial charge >= 0.3 is 6.61 Å². The molecule has 1 amide bonds. The van der Waals surface area contributed by atoms with Crippen molar-refractivity contribution in [3.05, 3.63) is 53.6 Å². The van der Waals surface area contributed by atoms with Gasteiger partial charge in [0.25, 0.3) is 0 Å². The van der Waals surface area contributed by atoms with Crippen LogP contribution in [0.1, 0.15) is 37.8 Å². The van der Waals surface area contributed by atoms with Crippen molar-refractivity contribution in [2.24, 2.45) is 0 Å². The van der Waals surface area contributed by atoms with Gasteiger partial charge < -0.3 is 10.1 Å². The van der Waals surface area contributed by atoms with Crippen molar-refractivity contribution in [2.75, 3.05) is 10.0 Å². The van der Waals surface area contributed by atoms with Gasteiger partial charge in [-0.2, -0.15) is 8.78 Å². The van der Waals surface area contributed by atoms with E-state index in [2.05, 4.69) is 24.7 Å². The fourth-order valence-electron chi connectivity index (χ4n) is 3.37. The Balaban J connectivity index is 1.46. The van der Waals surface area contributed by atoms with Crippen LogP contribution in [0.25, 0.3) is 11.1 Å². The Hall–Kier alpha value is -3.19. The van der Waals surface area contributed by atoms with Gasteiger partial charge in [-0.25, -0.2) is 17.8 Å². The molecule has 1 aliphatic carbocycles. The number of anilines is 2. The number of hydrogen-bond acceptors (Lipinski definition) is 7. The van der Waals surface area contributed by atoms with Gasteiger partial charge in [0, 0.05) is 17.1 Å². The largest absolute Gasteiger partial charge is 0.433 e. The predicted molar refractivity (Wildman–Crippen MR) is 126 cm³/mol. The lowest BCUT2D eigenvalue weighted by molar-refractivity contribution is -0.117. The molecule has 2 N–H and O–H groups in total. The van der Waals surface area contributed by atoms with Gasteiger partial charge in [-0.15, -0.1) is 11.3 Å². The summed E-state index contributed by atoms with van der Waals surface area (Å²) in [7, 11) is -3.47. The quantitative estimate of drug-likeness (QED) is 0.386. The lowest BCUT2D eigenvalue weighted by atomic mass is 10.0. The monoisotopic (exact) mass is 526 g/mol. The number of benzene rings is 1. The standard InChI is InChI=1S/C22H21F3N4O4S2/c1-2-16(19-11-34-22(28-19)29-35(31,32)15-4-5-15)20(30)27-18-6-3-12(8-17(18)23)13-7-14(10-26-9-13)33-21(24)25/h3,6-11,15-16,21H,2,4-5H2,1H3,(H,27,30)(H,28,29). The molecule has 35 heavy (non-hydrogen) atoms. The smallest absolute Gasteiger partial charge is 0.387 e. The fraction of sp³-hybridized carbons (Fsp3) is 0.318. The van der Waals surface area contributed by atoms with Gasteiger partial charge in [0.2, 0.25) is 15.9 Å². The first kappa shape index (κ1) is 24.9. The number of sulfonamides is 1. The van der Waals surface area contributed by atoms with Crippen LogP contribution in [0.15, 0.2) is 42.0 Å². The Morgan fingerprint density at radius 2 is 2.00 bits per heavy atom. The van der Waals surface area contributed by atoms with Crippen molar-refractivity contribution in [1.29, 1.82) is 0 Å². The average molecular weight is 527 g/mol. The Labute approximate surface area is 203 Å². The number of pyridine rings is 1. The van der Waals surface area contributed by atoms with Gasteiger partial charge in [0.05, 0.1) is 28.7 Å². The zero-order valence-electron chi connectivity index (χ0n) is 18.4. The number of nitrogens with one attached hydrogen (secondary N) is 2. The van der Waals surface area contributed by atoms with Crippen LogP contribution >= 0.6 is 11.3 Å². The summed E-state index contributed by atoms with van der Waals surface area (Å²) >= 11 is 1.08. The van der Waals surface area contributed by atoms with E-state index >= 15 is 0 Å². The van der Waals surface area contributed by atoms with E-state index < -0.39 is 39.5 Å². The van der Waals surface area contributed by atoms with Crippen LogP contribution in [0, 0.1) is 5.82 Å². The first-order valence-corrected chi connectivity index (χ1v) is 13.1. The van der Waals surface area contributed by atoms with Crippen LogP contribution < -0.4 is 14.8 Å². The maximum absolute atomic E-state index is 14.8. The summed E-state index contributed by atoms with van der Waals surface area (Å²) in [5.74, 6) is -2.13. The Morgan fingerprint density at radius 3 is 2.66 bits per heavy atom. The van der Waals surface area contributed by atoms with Gasteiger partial charge in [-0.3, -0.25) is 14.5 Å². The number of amides is 1. The fourth-order valence-corrected chi connectivity index (χ4v) is 5.73. The molecule has 1 atom stereocenters. The molecule has 8 nitrogen and oxygen atoms in total. The van der Waals surface area contributed by atoms with E-state index in [1.807, 2.05) is 0 Å². The number of carbonyl (C=O) groups is 1. The van der Waals surface area contributed by atoms with Crippen LogP contribution in [0.2, 0.25) is 0 Å². The molecule has 0 spiro atoms. The van der Waals surface area contributed by atoms with Crippen LogP contribution in [0.3, 0.4) is 0 Å². The third-order valence-electron chi connectivity index (χ3n) is 5.30. The molecule has 1 saturated carbocycles. The number of thiazole rings is 1. The summed E-state index contributed by atoms with van der Waals surface area (Å²) in [6.45, 7) is -1.25. The second kappa shape index (κ2) is 10.2. The van der Waals surface area contributed by atoms with Crippen molar-refractivity contribution in [3.8, 4) is 16.9 Å². The minimum absolute atomic E-state index is 0.0740. The number of alkyl halides is 2. The lowest BCUT2D eigenvalue weighted by Crippen LogP contribution is -2.22. The van der Waals surface area contributed by atoms with Crippen molar-refractivity contribution < 1.29 is 31.1 Å². The Kier molecular flexibility index (Phi) is 7.26.